The number of rotatable bonds is 6. The van der Waals surface area contributed by atoms with Crippen molar-refractivity contribution >= 4 is 45.7 Å². The maximum atomic E-state index is 13.1. The van der Waals surface area contributed by atoms with E-state index in [1.54, 1.807) is 0 Å². The summed E-state index contributed by atoms with van der Waals surface area (Å²) in [7, 11) is 0. The summed E-state index contributed by atoms with van der Waals surface area (Å²) in [6.07, 6.45) is -4.65. The summed E-state index contributed by atoms with van der Waals surface area (Å²) in [5.74, 6) is -1.11. The highest BCUT2D eigenvalue weighted by Gasteiger charge is 2.35. The van der Waals surface area contributed by atoms with E-state index in [2.05, 4.69) is 20.8 Å². The van der Waals surface area contributed by atoms with Gasteiger partial charge in [0, 0.05) is 5.69 Å². The Bertz CT molecular complexity index is 1120. The normalized spacial score (nSPS) is 11.3. The zero-order valence-electron chi connectivity index (χ0n) is 16.4. The molecule has 11 heteroatoms. The molecule has 6 nitrogen and oxygen atoms in total. The summed E-state index contributed by atoms with van der Waals surface area (Å²) in [5.41, 5.74) is 1.13. The van der Waals surface area contributed by atoms with E-state index in [4.69, 9.17) is 0 Å². The van der Waals surface area contributed by atoms with Gasteiger partial charge in [0.05, 0.1) is 16.9 Å². The lowest BCUT2D eigenvalue weighted by Crippen LogP contribution is -2.18. The molecule has 1 heterocycles. The lowest BCUT2D eigenvalue weighted by atomic mass is 10.1. The minimum atomic E-state index is -4.65. The van der Waals surface area contributed by atoms with E-state index in [9.17, 15) is 22.8 Å². The molecule has 0 radical (unpaired) electrons. The highest BCUT2D eigenvalue weighted by Crippen LogP contribution is 2.32. The second-order valence-electron chi connectivity index (χ2n) is 6.53. The first-order valence-electron chi connectivity index (χ1n) is 8.94. The number of aromatic nitrogens is 2. The number of carbonyl (C=O) groups is 2. The van der Waals surface area contributed by atoms with Crippen LogP contribution in [-0.4, -0.2) is 27.8 Å². The molecule has 0 aliphatic heterocycles. The van der Waals surface area contributed by atoms with Gasteiger partial charge in [0.15, 0.2) is 4.34 Å². The Morgan fingerprint density at radius 3 is 2.55 bits per heavy atom. The third-order valence-electron chi connectivity index (χ3n) is 4.10. The van der Waals surface area contributed by atoms with Crippen LogP contribution in [0.15, 0.2) is 46.8 Å². The average Bonchev–Trinajstić information content (AvgIpc) is 3.16. The van der Waals surface area contributed by atoms with Crippen LogP contribution < -0.4 is 10.6 Å². The Balaban J connectivity index is 1.59. The largest absolute Gasteiger partial charge is 0.417 e. The number of amides is 2. The molecule has 0 aliphatic carbocycles. The maximum Gasteiger partial charge on any atom is 0.417 e. The van der Waals surface area contributed by atoms with Gasteiger partial charge in [0.1, 0.15) is 0 Å². The van der Waals surface area contributed by atoms with Gasteiger partial charge in [-0.3, -0.25) is 14.9 Å². The van der Waals surface area contributed by atoms with Crippen LogP contribution >= 0.6 is 23.1 Å². The van der Waals surface area contributed by atoms with Gasteiger partial charge in [-0.15, -0.1) is 10.2 Å². The number of nitrogens with one attached hydrogen (secondary N) is 2. The number of nitrogens with zero attached hydrogens (tertiary/aromatic N) is 2. The average molecular weight is 467 g/mol. The van der Waals surface area contributed by atoms with Crippen molar-refractivity contribution < 1.29 is 22.8 Å². The maximum absolute atomic E-state index is 13.1. The second-order valence-corrected chi connectivity index (χ2v) is 8.73. The zero-order valence-corrected chi connectivity index (χ0v) is 18.0. The summed E-state index contributed by atoms with van der Waals surface area (Å²) in [4.78, 5) is 24.5. The predicted molar refractivity (Wildman–Crippen MR) is 115 cm³/mol. The van der Waals surface area contributed by atoms with Crippen LogP contribution in [0.25, 0.3) is 0 Å². The number of carbonyl (C=O) groups excluding carboxylic acids is 2. The molecule has 2 amide bonds. The first kappa shape index (κ1) is 22.8. The van der Waals surface area contributed by atoms with Crippen molar-refractivity contribution in [1.29, 1.82) is 0 Å². The molecule has 0 spiro atoms. The lowest BCUT2D eigenvalue weighted by Gasteiger charge is -2.11. The van der Waals surface area contributed by atoms with Crippen LogP contribution in [0, 0.1) is 13.8 Å². The Hall–Kier alpha value is -2.92. The van der Waals surface area contributed by atoms with Gasteiger partial charge in [-0.2, -0.15) is 13.2 Å². The molecule has 3 rings (SSSR count). The first-order chi connectivity index (χ1) is 14.6. The fraction of sp³-hybridized carbons (Fsp3) is 0.200. The van der Waals surface area contributed by atoms with Gasteiger partial charge < -0.3 is 5.32 Å². The Kier molecular flexibility index (Phi) is 6.96. The molecule has 0 atom stereocenters. The summed E-state index contributed by atoms with van der Waals surface area (Å²) in [6, 6.07) is 10.2. The molecular weight excluding hydrogens is 449 g/mol. The Labute approximate surface area is 184 Å². The highest BCUT2D eigenvalue weighted by atomic mass is 32.2. The smallest absolute Gasteiger partial charge is 0.325 e. The number of aryl methyl sites for hydroxylation is 2. The van der Waals surface area contributed by atoms with Crippen molar-refractivity contribution in [3.8, 4) is 0 Å². The topological polar surface area (TPSA) is 84.0 Å². The molecule has 2 aromatic carbocycles. The number of alkyl halides is 3. The second kappa shape index (κ2) is 9.48. The third kappa shape index (κ3) is 6.05. The number of halogens is 3. The monoisotopic (exact) mass is 466 g/mol. The summed E-state index contributed by atoms with van der Waals surface area (Å²) < 4.78 is 39.7. The highest BCUT2D eigenvalue weighted by molar-refractivity contribution is 8.01. The van der Waals surface area contributed by atoms with E-state index < -0.39 is 23.2 Å². The van der Waals surface area contributed by atoms with Crippen LogP contribution in [0.3, 0.4) is 0 Å². The first-order valence-corrected chi connectivity index (χ1v) is 10.7. The lowest BCUT2D eigenvalue weighted by molar-refractivity contribution is -0.137. The molecule has 2 N–H and O–H groups in total. The van der Waals surface area contributed by atoms with E-state index in [1.165, 1.54) is 12.1 Å². The summed E-state index contributed by atoms with van der Waals surface area (Å²) in [5, 5.41) is 12.8. The molecule has 3 aromatic rings. The van der Waals surface area contributed by atoms with Crippen molar-refractivity contribution in [3.05, 3.63) is 64.7 Å². The molecular formula is C20H17F3N4O2S2. The van der Waals surface area contributed by atoms with Crippen molar-refractivity contribution in [2.24, 2.45) is 0 Å². The van der Waals surface area contributed by atoms with Crippen molar-refractivity contribution in [1.82, 2.24) is 10.2 Å². The van der Waals surface area contributed by atoms with Crippen LogP contribution in [0.1, 0.15) is 27.0 Å². The number of hydrogen-bond donors (Lipinski definition) is 2. The number of anilines is 2. The Morgan fingerprint density at radius 1 is 1.06 bits per heavy atom. The SMILES string of the molecule is Cc1ccc(C)c(NC(=O)CSc2nnc(NC(=O)c3ccccc3C(F)(F)F)s2)c1. The van der Waals surface area contributed by atoms with E-state index in [-0.39, 0.29) is 16.8 Å². The molecule has 0 unspecified atom stereocenters. The molecule has 0 fully saturated rings. The quantitative estimate of drug-likeness (QED) is 0.387. The predicted octanol–water partition coefficient (Wildman–Crippen LogP) is 5.16. The molecule has 0 saturated carbocycles. The standard InChI is InChI=1S/C20H17F3N4O2S2/c1-11-7-8-12(2)15(9-11)24-16(28)10-30-19-27-26-18(31-19)25-17(29)13-5-3-4-6-14(13)20(21,22)23/h3-9H,10H2,1-2H3,(H,24,28)(H,25,26,29). The van der Waals surface area contributed by atoms with Gasteiger partial charge in [0.25, 0.3) is 5.91 Å². The fourth-order valence-electron chi connectivity index (χ4n) is 2.60. The molecule has 1 aromatic heterocycles. The van der Waals surface area contributed by atoms with E-state index >= 15 is 0 Å². The Morgan fingerprint density at radius 2 is 1.81 bits per heavy atom. The number of thioether (sulfide) groups is 1. The van der Waals surface area contributed by atoms with Crippen LogP contribution in [0.2, 0.25) is 0 Å². The molecule has 0 bridgehead atoms. The van der Waals surface area contributed by atoms with Crippen molar-refractivity contribution in [2.45, 2.75) is 24.4 Å². The van der Waals surface area contributed by atoms with Crippen molar-refractivity contribution in [3.63, 3.8) is 0 Å². The van der Waals surface area contributed by atoms with Crippen LogP contribution in [0.5, 0.6) is 0 Å². The minimum absolute atomic E-state index is 0.0411. The van der Waals surface area contributed by atoms with Gasteiger partial charge in [-0.1, -0.05) is 47.4 Å². The summed E-state index contributed by atoms with van der Waals surface area (Å²) >= 11 is 2.08. The zero-order chi connectivity index (χ0) is 22.6. The molecule has 0 saturated heterocycles. The van der Waals surface area contributed by atoms with E-state index in [0.717, 1.165) is 52.0 Å². The molecule has 162 valence electrons. The van der Waals surface area contributed by atoms with Gasteiger partial charge in [-0.05, 0) is 43.2 Å². The molecule has 31 heavy (non-hydrogen) atoms. The number of hydrogen-bond acceptors (Lipinski definition) is 6. The third-order valence-corrected chi connectivity index (χ3v) is 6.07. The van der Waals surface area contributed by atoms with Crippen LogP contribution in [-0.2, 0) is 11.0 Å². The fourth-order valence-corrected chi connectivity index (χ4v) is 4.14. The van der Waals surface area contributed by atoms with Crippen molar-refractivity contribution in [2.75, 3.05) is 16.4 Å². The van der Waals surface area contributed by atoms with E-state index in [0.29, 0.717) is 4.34 Å². The minimum Gasteiger partial charge on any atom is -0.325 e. The van der Waals surface area contributed by atoms with Gasteiger partial charge >= 0.3 is 6.18 Å². The van der Waals surface area contributed by atoms with Gasteiger partial charge in [-0.25, -0.2) is 0 Å². The van der Waals surface area contributed by atoms with Crippen LogP contribution in [0.4, 0.5) is 24.0 Å². The summed E-state index contributed by atoms with van der Waals surface area (Å²) in [6.45, 7) is 3.81. The van der Waals surface area contributed by atoms with E-state index in [1.807, 2.05) is 32.0 Å². The molecule has 0 aliphatic rings. The number of benzene rings is 2. The van der Waals surface area contributed by atoms with Gasteiger partial charge in [0.2, 0.25) is 11.0 Å².